The van der Waals surface area contributed by atoms with E-state index in [-0.39, 0.29) is 17.7 Å². The van der Waals surface area contributed by atoms with Gasteiger partial charge in [0.2, 0.25) is 11.8 Å². The predicted octanol–water partition coefficient (Wildman–Crippen LogP) is 5.20. The van der Waals surface area contributed by atoms with Crippen molar-refractivity contribution in [3.05, 3.63) is 29.8 Å². The lowest BCUT2D eigenvalue weighted by molar-refractivity contribution is -0.138. The van der Waals surface area contributed by atoms with E-state index < -0.39 is 0 Å². The zero-order chi connectivity index (χ0) is 19.8. The minimum atomic E-state index is 0.0140. The van der Waals surface area contributed by atoms with Crippen LogP contribution in [-0.4, -0.2) is 29.8 Å². The Morgan fingerprint density at radius 1 is 1.00 bits per heavy atom. The molecule has 1 saturated carbocycles. The van der Waals surface area contributed by atoms with Crippen LogP contribution < -0.4 is 5.32 Å². The summed E-state index contributed by atoms with van der Waals surface area (Å²) >= 11 is 0. The third-order valence-electron chi connectivity index (χ3n) is 5.59. The normalized spacial score (nSPS) is 19.7. The van der Waals surface area contributed by atoms with Crippen LogP contribution in [-0.2, 0) is 9.59 Å². The Hall–Kier alpha value is -1.84. The molecule has 0 radical (unpaired) electrons. The predicted molar refractivity (Wildman–Crippen MR) is 112 cm³/mol. The molecule has 0 saturated heterocycles. The Morgan fingerprint density at radius 3 is 2.11 bits per heavy atom. The highest BCUT2D eigenvalue weighted by molar-refractivity contribution is 5.93. The molecule has 4 heteroatoms. The SMILES string of the molecule is CCCN(CCC)C(=O)C1CCC(C(=O)Nc2ccccc2C(C)C)CC1. The number of benzene rings is 1. The first-order valence-electron chi connectivity index (χ1n) is 10.7. The minimum Gasteiger partial charge on any atom is -0.342 e. The van der Waals surface area contributed by atoms with E-state index in [4.69, 9.17) is 0 Å². The van der Waals surface area contributed by atoms with Gasteiger partial charge in [-0.3, -0.25) is 9.59 Å². The number of amides is 2. The van der Waals surface area contributed by atoms with Crippen molar-refractivity contribution >= 4 is 17.5 Å². The van der Waals surface area contributed by atoms with E-state index in [1.54, 1.807) is 0 Å². The number of nitrogens with zero attached hydrogens (tertiary/aromatic N) is 1. The summed E-state index contributed by atoms with van der Waals surface area (Å²) in [6.07, 6.45) is 5.26. The smallest absolute Gasteiger partial charge is 0.227 e. The van der Waals surface area contributed by atoms with Crippen molar-refractivity contribution in [2.45, 2.75) is 72.1 Å². The zero-order valence-electron chi connectivity index (χ0n) is 17.5. The first-order chi connectivity index (χ1) is 13.0. The highest BCUT2D eigenvalue weighted by atomic mass is 16.2. The third-order valence-corrected chi connectivity index (χ3v) is 5.59. The van der Waals surface area contributed by atoms with Gasteiger partial charge in [-0.1, -0.05) is 45.9 Å². The first kappa shape index (κ1) is 21.5. The van der Waals surface area contributed by atoms with Crippen LogP contribution in [0.5, 0.6) is 0 Å². The van der Waals surface area contributed by atoms with Crippen molar-refractivity contribution < 1.29 is 9.59 Å². The van der Waals surface area contributed by atoms with Crippen molar-refractivity contribution in [1.82, 2.24) is 4.90 Å². The molecule has 1 aromatic carbocycles. The molecule has 1 aliphatic rings. The summed E-state index contributed by atoms with van der Waals surface area (Å²) in [5, 5.41) is 3.13. The van der Waals surface area contributed by atoms with E-state index in [0.717, 1.165) is 57.3 Å². The molecule has 0 aromatic heterocycles. The molecule has 0 heterocycles. The maximum Gasteiger partial charge on any atom is 0.227 e. The van der Waals surface area contributed by atoms with E-state index in [1.165, 1.54) is 5.56 Å². The lowest BCUT2D eigenvalue weighted by Gasteiger charge is -2.31. The average molecular weight is 373 g/mol. The highest BCUT2D eigenvalue weighted by Crippen LogP contribution is 2.32. The molecule has 2 rings (SSSR count). The van der Waals surface area contributed by atoms with Gasteiger partial charge >= 0.3 is 0 Å². The second-order valence-corrected chi connectivity index (χ2v) is 8.11. The van der Waals surface area contributed by atoms with E-state index in [2.05, 4.69) is 39.1 Å². The van der Waals surface area contributed by atoms with Gasteiger partial charge in [-0.15, -0.1) is 0 Å². The Morgan fingerprint density at radius 2 is 1.56 bits per heavy atom. The summed E-state index contributed by atoms with van der Waals surface area (Å²) < 4.78 is 0. The lowest BCUT2D eigenvalue weighted by atomic mass is 9.80. The molecular weight excluding hydrogens is 336 g/mol. The lowest BCUT2D eigenvalue weighted by Crippen LogP contribution is -2.39. The number of carbonyl (C=O) groups is 2. The fourth-order valence-electron chi connectivity index (χ4n) is 4.08. The zero-order valence-corrected chi connectivity index (χ0v) is 17.5. The van der Waals surface area contributed by atoms with Crippen molar-refractivity contribution in [2.75, 3.05) is 18.4 Å². The highest BCUT2D eigenvalue weighted by Gasteiger charge is 2.32. The van der Waals surface area contributed by atoms with Gasteiger partial charge in [0, 0.05) is 30.6 Å². The number of hydrogen-bond acceptors (Lipinski definition) is 2. The molecule has 4 nitrogen and oxygen atoms in total. The van der Waals surface area contributed by atoms with Crippen LogP contribution >= 0.6 is 0 Å². The maximum atomic E-state index is 12.8. The van der Waals surface area contributed by atoms with E-state index >= 15 is 0 Å². The molecule has 27 heavy (non-hydrogen) atoms. The Kier molecular flexibility index (Phi) is 8.33. The average Bonchev–Trinajstić information content (AvgIpc) is 2.67. The van der Waals surface area contributed by atoms with Crippen LogP contribution in [0.2, 0.25) is 0 Å². The van der Waals surface area contributed by atoms with Crippen molar-refractivity contribution in [2.24, 2.45) is 11.8 Å². The molecule has 0 aliphatic heterocycles. The standard InChI is InChI=1S/C23H36N2O2/c1-5-15-25(16-6-2)23(27)19-13-11-18(12-14-19)22(26)24-21-10-8-7-9-20(21)17(3)4/h7-10,17-19H,5-6,11-16H2,1-4H3,(H,24,26). The quantitative estimate of drug-likeness (QED) is 0.681. The van der Waals surface area contributed by atoms with Gasteiger partial charge in [-0.2, -0.15) is 0 Å². The van der Waals surface area contributed by atoms with Crippen LogP contribution in [0.15, 0.2) is 24.3 Å². The number of para-hydroxylation sites is 1. The van der Waals surface area contributed by atoms with Crippen molar-refractivity contribution in [3.8, 4) is 0 Å². The molecule has 0 bridgehead atoms. The van der Waals surface area contributed by atoms with Crippen LogP contribution in [0, 0.1) is 11.8 Å². The van der Waals surface area contributed by atoms with Crippen LogP contribution in [0.4, 0.5) is 5.69 Å². The molecule has 150 valence electrons. The molecule has 0 atom stereocenters. The van der Waals surface area contributed by atoms with Crippen LogP contribution in [0.25, 0.3) is 0 Å². The van der Waals surface area contributed by atoms with Crippen LogP contribution in [0.1, 0.15) is 77.7 Å². The Balaban J connectivity index is 1.91. The van der Waals surface area contributed by atoms with Gasteiger partial charge in [-0.25, -0.2) is 0 Å². The number of rotatable bonds is 8. The molecule has 1 aliphatic carbocycles. The number of hydrogen-bond donors (Lipinski definition) is 1. The second-order valence-electron chi connectivity index (χ2n) is 8.11. The molecule has 1 N–H and O–H groups in total. The topological polar surface area (TPSA) is 49.4 Å². The number of nitrogens with one attached hydrogen (secondary N) is 1. The second kappa shape index (κ2) is 10.5. The summed E-state index contributed by atoms with van der Waals surface area (Å²) in [6.45, 7) is 10.2. The first-order valence-corrected chi connectivity index (χ1v) is 10.7. The van der Waals surface area contributed by atoms with E-state index in [9.17, 15) is 9.59 Å². The summed E-state index contributed by atoms with van der Waals surface area (Å²) in [6, 6.07) is 8.04. The molecule has 1 fully saturated rings. The van der Waals surface area contributed by atoms with Gasteiger partial charge in [-0.05, 0) is 56.1 Å². The fraction of sp³-hybridized carbons (Fsp3) is 0.652. The minimum absolute atomic E-state index is 0.0140. The number of carbonyl (C=O) groups excluding carboxylic acids is 2. The number of anilines is 1. The summed E-state index contributed by atoms with van der Waals surface area (Å²) in [7, 11) is 0. The third kappa shape index (κ3) is 5.82. The monoisotopic (exact) mass is 372 g/mol. The Bertz CT molecular complexity index is 613. The maximum absolute atomic E-state index is 12.8. The van der Waals surface area contributed by atoms with Gasteiger partial charge in [0.05, 0.1) is 0 Å². The van der Waals surface area contributed by atoms with Gasteiger partial charge < -0.3 is 10.2 Å². The van der Waals surface area contributed by atoms with E-state index in [0.29, 0.717) is 11.8 Å². The van der Waals surface area contributed by atoms with Crippen molar-refractivity contribution in [3.63, 3.8) is 0 Å². The molecule has 0 unspecified atom stereocenters. The van der Waals surface area contributed by atoms with Gasteiger partial charge in [0.25, 0.3) is 0 Å². The van der Waals surface area contributed by atoms with Crippen molar-refractivity contribution in [1.29, 1.82) is 0 Å². The molecule has 1 aromatic rings. The van der Waals surface area contributed by atoms with E-state index in [1.807, 2.05) is 23.1 Å². The molecule has 0 spiro atoms. The Labute approximate surface area is 164 Å². The van der Waals surface area contributed by atoms with Gasteiger partial charge in [0.1, 0.15) is 0 Å². The summed E-state index contributed by atoms with van der Waals surface area (Å²) in [4.78, 5) is 27.6. The molecular formula is C23H36N2O2. The van der Waals surface area contributed by atoms with Gasteiger partial charge in [0.15, 0.2) is 0 Å². The van der Waals surface area contributed by atoms with Crippen LogP contribution in [0.3, 0.4) is 0 Å². The summed E-state index contributed by atoms with van der Waals surface area (Å²) in [5.74, 6) is 0.879. The fourth-order valence-corrected chi connectivity index (χ4v) is 4.08. The molecule has 2 amide bonds. The summed E-state index contributed by atoms with van der Waals surface area (Å²) in [5.41, 5.74) is 2.09. The largest absolute Gasteiger partial charge is 0.342 e.